The lowest BCUT2D eigenvalue weighted by molar-refractivity contribution is -0.145. The van der Waals surface area contributed by atoms with Crippen molar-refractivity contribution in [1.29, 1.82) is 0 Å². The van der Waals surface area contributed by atoms with E-state index < -0.39 is 24.8 Å². The lowest BCUT2D eigenvalue weighted by Gasteiger charge is -2.35. The van der Waals surface area contributed by atoms with Crippen molar-refractivity contribution in [3.8, 4) is 0 Å². The molecule has 1 fully saturated rings. The van der Waals surface area contributed by atoms with E-state index in [1.807, 2.05) is 66.7 Å². The van der Waals surface area contributed by atoms with E-state index in [1.54, 1.807) is 0 Å². The Kier molecular flexibility index (Phi) is 6.50. The number of carbonyl (C=O) groups excluding carboxylic acids is 1. The number of nitrogens with one attached hydrogen (secondary N) is 1. The van der Waals surface area contributed by atoms with Crippen molar-refractivity contribution in [2.24, 2.45) is 5.92 Å². The third-order valence-electron chi connectivity index (χ3n) is 6.37. The average Bonchev–Trinajstić information content (AvgIpc) is 3.24. The molecule has 1 heterocycles. The van der Waals surface area contributed by atoms with Crippen molar-refractivity contribution >= 4 is 24.3 Å². The number of rotatable bonds is 7. The van der Waals surface area contributed by atoms with Gasteiger partial charge in [0.05, 0.1) is 13.0 Å². The highest BCUT2D eigenvalue weighted by atomic mass is 31.2. The Labute approximate surface area is 188 Å². The normalized spacial score (nSPS) is 23.3. The molecule has 0 saturated carbocycles. The Morgan fingerprint density at radius 2 is 1.62 bits per heavy atom. The van der Waals surface area contributed by atoms with Crippen LogP contribution in [0.3, 0.4) is 0 Å². The highest BCUT2D eigenvalue weighted by molar-refractivity contribution is 7.55. The molecule has 1 N–H and O–H groups in total. The summed E-state index contributed by atoms with van der Waals surface area (Å²) in [6.45, 7) is 0. The van der Waals surface area contributed by atoms with Crippen LogP contribution < -0.4 is 5.32 Å². The zero-order chi connectivity index (χ0) is 22.8. The molecule has 7 heteroatoms. The molecule has 0 bridgehead atoms. The smallest absolute Gasteiger partial charge is 0.350 e. The van der Waals surface area contributed by atoms with Crippen molar-refractivity contribution in [3.05, 3.63) is 83.9 Å². The summed E-state index contributed by atoms with van der Waals surface area (Å²) in [5.74, 6) is -0.909. The van der Waals surface area contributed by atoms with Crippen molar-refractivity contribution in [2.75, 3.05) is 21.3 Å². The van der Waals surface area contributed by atoms with Crippen LogP contribution in [0.25, 0.3) is 10.8 Å². The Bertz CT molecular complexity index is 1140. The van der Waals surface area contributed by atoms with E-state index >= 15 is 0 Å². The van der Waals surface area contributed by atoms with Gasteiger partial charge in [0, 0.05) is 26.7 Å². The highest BCUT2D eigenvalue weighted by Gasteiger charge is 2.59. The Morgan fingerprint density at radius 1 is 0.969 bits per heavy atom. The summed E-state index contributed by atoms with van der Waals surface area (Å²) in [6, 6.07) is 23.5. The number of hydrogen-bond donors (Lipinski definition) is 1. The number of esters is 1. The molecule has 6 nitrogen and oxygen atoms in total. The van der Waals surface area contributed by atoms with Gasteiger partial charge in [-0.1, -0.05) is 66.7 Å². The topological polar surface area (TPSA) is 73.9 Å². The Balaban J connectivity index is 1.82. The van der Waals surface area contributed by atoms with Gasteiger partial charge >= 0.3 is 13.6 Å². The van der Waals surface area contributed by atoms with Gasteiger partial charge in [-0.3, -0.25) is 14.7 Å². The van der Waals surface area contributed by atoms with Gasteiger partial charge in [-0.2, -0.15) is 0 Å². The second-order valence-corrected chi connectivity index (χ2v) is 10.7. The number of benzene rings is 3. The minimum Gasteiger partial charge on any atom is -0.469 e. The van der Waals surface area contributed by atoms with Crippen LogP contribution in [0.15, 0.2) is 72.8 Å². The molecule has 0 amide bonds. The minimum atomic E-state index is -3.64. The van der Waals surface area contributed by atoms with Crippen molar-refractivity contribution in [3.63, 3.8) is 0 Å². The number of carbonyl (C=O) groups is 1. The summed E-state index contributed by atoms with van der Waals surface area (Å²) in [5, 5.41) is 4.61. The van der Waals surface area contributed by atoms with Gasteiger partial charge in [-0.25, -0.2) is 0 Å². The zero-order valence-electron chi connectivity index (χ0n) is 18.5. The quantitative estimate of drug-likeness (QED) is 0.397. The van der Waals surface area contributed by atoms with Gasteiger partial charge < -0.3 is 13.8 Å². The van der Waals surface area contributed by atoms with Crippen LogP contribution in [0.2, 0.25) is 0 Å². The van der Waals surface area contributed by atoms with Gasteiger partial charge in [0.2, 0.25) is 0 Å². The number of fused-ring (bicyclic) bond motifs is 1. The first kappa shape index (κ1) is 22.7. The van der Waals surface area contributed by atoms with Crippen LogP contribution in [0.1, 0.15) is 23.6 Å². The van der Waals surface area contributed by atoms with Gasteiger partial charge in [0.15, 0.2) is 0 Å². The van der Waals surface area contributed by atoms with Crippen LogP contribution in [0, 0.1) is 5.92 Å². The second-order valence-electron chi connectivity index (χ2n) is 8.12. The first-order valence-corrected chi connectivity index (χ1v) is 12.1. The summed E-state index contributed by atoms with van der Waals surface area (Å²) in [6.07, 6.45) is 0.634. The molecular formula is C25H28NO5P. The van der Waals surface area contributed by atoms with E-state index in [-0.39, 0.29) is 12.4 Å². The van der Waals surface area contributed by atoms with Gasteiger partial charge in [-0.15, -0.1) is 0 Å². The predicted octanol–water partition coefficient (Wildman–Crippen LogP) is 5.09. The van der Waals surface area contributed by atoms with Crippen molar-refractivity contribution < 1.29 is 23.1 Å². The Hall–Kier alpha value is -2.50. The lowest BCUT2D eigenvalue weighted by Crippen LogP contribution is -2.43. The Morgan fingerprint density at radius 3 is 2.28 bits per heavy atom. The third-order valence-corrected chi connectivity index (χ3v) is 8.84. The van der Waals surface area contributed by atoms with Crippen LogP contribution in [-0.2, 0) is 29.6 Å². The molecule has 1 aliphatic rings. The summed E-state index contributed by atoms with van der Waals surface area (Å²) >= 11 is 0. The maximum Gasteiger partial charge on any atom is 0.350 e. The molecular weight excluding hydrogens is 425 g/mol. The van der Waals surface area contributed by atoms with Crippen LogP contribution >= 0.6 is 7.60 Å². The monoisotopic (exact) mass is 453 g/mol. The average molecular weight is 453 g/mol. The van der Waals surface area contributed by atoms with E-state index in [0.717, 1.165) is 21.9 Å². The first-order valence-electron chi connectivity index (χ1n) is 10.5. The molecule has 1 saturated heterocycles. The second kappa shape index (κ2) is 9.16. The maximum absolute atomic E-state index is 13.9. The molecule has 168 valence electrons. The fraction of sp³-hybridized carbons (Fsp3) is 0.320. The fourth-order valence-electron chi connectivity index (χ4n) is 4.79. The molecule has 1 aliphatic heterocycles. The van der Waals surface area contributed by atoms with E-state index in [1.165, 1.54) is 21.3 Å². The summed E-state index contributed by atoms with van der Waals surface area (Å²) in [7, 11) is 0.509. The molecule has 0 unspecified atom stereocenters. The van der Waals surface area contributed by atoms with Crippen LogP contribution in [0.5, 0.6) is 0 Å². The summed E-state index contributed by atoms with van der Waals surface area (Å²) in [4.78, 5) is 12.9. The predicted molar refractivity (Wildman–Crippen MR) is 124 cm³/mol. The maximum atomic E-state index is 13.9. The highest BCUT2D eigenvalue weighted by Crippen LogP contribution is 2.65. The number of ether oxygens (including phenoxy) is 1. The molecule has 3 atom stereocenters. The molecule has 32 heavy (non-hydrogen) atoms. The SMILES string of the molecule is COC(=O)[C@@H]1C[C@](Cc2ccccc2)(P(=O)(OC)OC)N[C@@H]1c1ccc2ccccc2c1. The zero-order valence-corrected chi connectivity index (χ0v) is 19.4. The molecule has 3 aromatic carbocycles. The van der Waals surface area contributed by atoms with E-state index in [2.05, 4.69) is 11.4 Å². The third kappa shape index (κ3) is 4.00. The van der Waals surface area contributed by atoms with Gasteiger partial charge in [0.1, 0.15) is 5.28 Å². The fourth-order valence-corrected chi connectivity index (χ4v) is 6.73. The molecule has 0 aromatic heterocycles. The molecule has 3 aromatic rings. The van der Waals surface area contributed by atoms with E-state index in [9.17, 15) is 9.36 Å². The standard InChI is InChI=1S/C25H28NO5P/c1-29-24(27)22-17-25(32(28,30-2)31-3,16-18-9-5-4-6-10-18)26-23(22)21-14-13-19-11-7-8-12-20(19)15-21/h4-15,22-23,26H,16-17H2,1-3H3/t22-,23-,25+/m1/s1. The van der Waals surface area contributed by atoms with Crippen molar-refractivity contribution in [2.45, 2.75) is 24.2 Å². The van der Waals surface area contributed by atoms with E-state index in [0.29, 0.717) is 6.42 Å². The van der Waals surface area contributed by atoms with Crippen LogP contribution in [0.4, 0.5) is 0 Å². The summed E-state index contributed by atoms with van der Waals surface area (Å²) < 4.78 is 30.0. The van der Waals surface area contributed by atoms with Crippen LogP contribution in [-0.4, -0.2) is 32.6 Å². The molecule has 0 aliphatic carbocycles. The van der Waals surface area contributed by atoms with Gasteiger partial charge in [0.25, 0.3) is 0 Å². The lowest BCUT2D eigenvalue weighted by atomic mass is 9.91. The van der Waals surface area contributed by atoms with E-state index in [4.69, 9.17) is 13.8 Å². The van der Waals surface area contributed by atoms with Gasteiger partial charge in [-0.05, 0) is 34.4 Å². The molecule has 0 spiro atoms. The van der Waals surface area contributed by atoms with Crippen molar-refractivity contribution in [1.82, 2.24) is 5.32 Å². The number of methoxy groups -OCH3 is 1. The minimum absolute atomic E-state index is 0.255. The molecule has 0 radical (unpaired) electrons. The number of hydrogen-bond acceptors (Lipinski definition) is 6. The molecule has 4 rings (SSSR count). The largest absolute Gasteiger partial charge is 0.469 e. The first-order chi connectivity index (χ1) is 15.4. The summed E-state index contributed by atoms with van der Waals surface area (Å²) in [5.41, 5.74) is 1.89.